The Labute approximate surface area is 117 Å². The Morgan fingerprint density at radius 1 is 1.22 bits per heavy atom. The van der Waals surface area contributed by atoms with Crippen LogP contribution in [-0.2, 0) is 6.42 Å². The lowest BCUT2D eigenvalue weighted by Crippen LogP contribution is -2.37. The van der Waals surface area contributed by atoms with Crippen LogP contribution in [0.4, 0.5) is 4.79 Å². The minimum atomic E-state index is -0.0684. The van der Waals surface area contributed by atoms with Gasteiger partial charge in [-0.05, 0) is 30.5 Å². The highest BCUT2D eigenvalue weighted by Crippen LogP contribution is 2.11. The van der Waals surface area contributed by atoms with Crippen LogP contribution in [0.3, 0.4) is 0 Å². The molecule has 0 aliphatic rings. The Bertz CT molecular complexity index is 369. The van der Waals surface area contributed by atoms with Gasteiger partial charge in [0.05, 0.1) is 0 Å². The Balaban J connectivity index is 2.12. The van der Waals surface area contributed by atoms with Gasteiger partial charge >= 0.3 is 6.03 Å². The minimum absolute atomic E-state index is 0.0684. The van der Waals surface area contributed by atoms with E-state index in [1.54, 1.807) is 0 Å². The van der Waals surface area contributed by atoms with Gasteiger partial charge in [0.25, 0.3) is 0 Å². The first kappa shape index (κ1) is 15.0. The van der Waals surface area contributed by atoms with Crippen molar-refractivity contribution in [1.82, 2.24) is 10.6 Å². The molecule has 0 aliphatic heterocycles. The van der Waals surface area contributed by atoms with Crippen molar-refractivity contribution in [3.63, 3.8) is 0 Å². The van der Waals surface area contributed by atoms with Crippen molar-refractivity contribution in [2.45, 2.75) is 32.6 Å². The molecule has 0 radical (unpaired) electrons. The van der Waals surface area contributed by atoms with E-state index in [1.807, 2.05) is 12.1 Å². The van der Waals surface area contributed by atoms with Crippen LogP contribution in [0.2, 0.25) is 0 Å². The second-order valence-corrected chi connectivity index (χ2v) is 5.19. The fraction of sp³-hybridized carbons (Fsp3) is 0.500. The second-order valence-electron chi connectivity index (χ2n) is 4.27. The standard InChI is InChI=1S/C14H21BrN2O/c1-2-3-4-9-16-14(18)17-10-8-12-6-5-7-13(15)11-12/h5-7,11H,2-4,8-10H2,1H3,(H2,16,17,18). The van der Waals surface area contributed by atoms with E-state index in [-0.39, 0.29) is 6.03 Å². The van der Waals surface area contributed by atoms with E-state index in [2.05, 4.69) is 45.6 Å². The molecule has 0 saturated heterocycles. The summed E-state index contributed by atoms with van der Waals surface area (Å²) < 4.78 is 1.07. The number of carbonyl (C=O) groups is 1. The number of hydrogen-bond donors (Lipinski definition) is 2. The lowest BCUT2D eigenvalue weighted by atomic mass is 10.1. The maximum atomic E-state index is 11.4. The minimum Gasteiger partial charge on any atom is -0.338 e. The first-order valence-corrected chi connectivity index (χ1v) is 7.28. The Kier molecular flexibility index (Phi) is 7.49. The lowest BCUT2D eigenvalue weighted by molar-refractivity contribution is 0.241. The summed E-state index contributed by atoms with van der Waals surface area (Å²) >= 11 is 3.43. The average Bonchev–Trinajstić information content (AvgIpc) is 2.35. The third-order valence-electron chi connectivity index (χ3n) is 2.65. The van der Waals surface area contributed by atoms with Gasteiger partial charge < -0.3 is 10.6 Å². The van der Waals surface area contributed by atoms with Gasteiger partial charge in [0.2, 0.25) is 0 Å². The molecule has 0 bridgehead atoms. The highest BCUT2D eigenvalue weighted by Gasteiger charge is 1.99. The van der Waals surface area contributed by atoms with E-state index < -0.39 is 0 Å². The molecule has 3 nitrogen and oxygen atoms in total. The first-order chi connectivity index (χ1) is 8.72. The maximum Gasteiger partial charge on any atom is 0.314 e. The van der Waals surface area contributed by atoms with Crippen molar-refractivity contribution < 1.29 is 4.79 Å². The molecule has 100 valence electrons. The van der Waals surface area contributed by atoms with E-state index in [4.69, 9.17) is 0 Å². The predicted molar refractivity (Wildman–Crippen MR) is 78.8 cm³/mol. The number of nitrogens with one attached hydrogen (secondary N) is 2. The SMILES string of the molecule is CCCCCNC(=O)NCCc1cccc(Br)c1. The van der Waals surface area contributed by atoms with Crippen molar-refractivity contribution in [2.24, 2.45) is 0 Å². The highest BCUT2D eigenvalue weighted by atomic mass is 79.9. The zero-order valence-electron chi connectivity index (χ0n) is 10.8. The van der Waals surface area contributed by atoms with Crippen LogP contribution >= 0.6 is 15.9 Å². The number of hydrogen-bond acceptors (Lipinski definition) is 1. The summed E-state index contributed by atoms with van der Waals surface area (Å²) in [4.78, 5) is 11.4. The summed E-state index contributed by atoms with van der Waals surface area (Å²) in [7, 11) is 0. The normalized spacial score (nSPS) is 10.1. The predicted octanol–water partition coefficient (Wildman–Crippen LogP) is 3.48. The molecule has 1 rings (SSSR count). The molecule has 0 heterocycles. The fourth-order valence-electron chi connectivity index (χ4n) is 1.65. The van der Waals surface area contributed by atoms with E-state index >= 15 is 0 Å². The van der Waals surface area contributed by atoms with Crippen LogP contribution in [0, 0.1) is 0 Å². The van der Waals surface area contributed by atoms with Gasteiger partial charge in [0.1, 0.15) is 0 Å². The summed E-state index contributed by atoms with van der Waals surface area (Å²) in [6.07, 6.45) is 4.24. The van der Waals surface area contributed by atoms with E-state index in [1.165, 1.54) is 18.4 Å². The zero-order valence-corrected chi connectivity index (χ0v) is 12.4. The van der Waals surface area contributed by atoms with Crippen LogP contribution in [0.25, 0.3) is 0 Å². The van der Waals surface area contributed by atoms with Crippen molar-refractivity contribution in [3.8, 4) is 0 Å². The molecule has 1 aromatic carbocycles. The highest BCUT2D eigenvalue weighted by molar-refractivity contribution is 9.10. The van der Waals surface area contributed by atoms with Gasteiger partial charge in [-0.3, -0.25) is 0 Å². The molecule has 0 spiro atoms. The van der Waals surface area contributed by atoms with Crippen LogP contribution in [0.15, 0.2) is 28.7 Å². The second kappa shape index (κ2) is 8.97. The molecule has 0 saturated carbocycles. The summed E-state index contributed by atoms with van der Waals surface area (Å²) in [6, 6.07) is 8.06. The molecule has 0 atom stereocenters. The van der Waals surface area contributed by atoms with Gasteiger partial charge in [0, 0.05) is 17.6 Å². The molecule has 0 aromatic heterocycles. The fourth-order valence-corrected chi connectivity index (χ4v) is 2.10. The lowest BCUT2D eigenvalue weighted by Gasteiger charge is -2.07. The van der Waals surface area contributed by atoms with Gasteiger partial charge in [0.15, 0.2) is 0 Å². The van der Waals surface area contributed by atoms with E-state index in [9.17, 15) is 4.79 Å². The van der Waals surface area contributed by atoms with Crippen molar-refractivity contribution in [2.75, 3.05) is 13.1 Å². The monoisotopic (exact) mass is 312 g/mol. The van der Waals surface area contributed by atoms with E-state index in [0.717, 1.165) is 23.9 Å². The molecular formula is C14H21BrN2O. The van der Waals surface area contributed by atoms with E-state index in [0.29, 0.717) is 6.54 Å². The molecule has 0 unspecified atom stereocenters. The van der Waals surface area contributed by atoms with Crippen LogP contribution < -0.4 is 10.6 Å². The number of rotatable bonds is 7. The summed E-state index contributed by atoms with van der Waals surface area (Å²) in [5.74, 6) is 0. The molecule has 0 aliphatic carbocycles. The average molecular weight is 313 g/mol. The van der Waals surface area contributed by atoms with Crippen molar-refractivity contribution >= 4 is 22.0 Å². The van der Waals surface area contributed by atoms with Gasteiger partial charge in [-0.25, -0.2) is 4.79 Å². The quantitative estimate of drug-likeness (QED) is 0.744. The molecule has 18 heavy (non-hydrogen) atoms. The number of carbonyl (C=O) groups excluding carboxylic acids is 1. The number of urea groups is 1. The van der Waals surface area contributed by atoms with Gasteiger partial charge in [-0.1, -0.05) is 47.8 Å². The van der Waals surface area contributed by atoms with Crippen molar-refractivity contribution in [1.29, 1.82) is 0 Å². The summed E-state index contributed by atoms with van der Waals surface area (Å²) in [6.45, 7) is 3.57. The number of amides is 2. The maximum absolute atomic E-state index is 11.4. The van der Waals surface area contributed by atoms with Crippen LogP contribution in [0.5, 0.6) is 0 Å². The smallest absolute Gasteiger partial charge is 0.314 e. The molecular weight excluding hydrogens is 292 g/mol. The summed E-state index contributed by atoms with van der Waals surface area (Å²) in [5.41, 5.74) is 1.22. The van der Waals surface area contributed by atoms with Crippen LogP contribution in [-0.4, -0.2) is 19.1 Å². The summed E-state index contributed by atoms with van der Waals surface area (Å²) in [5, 5.41) is 5.72. The van der Waals surface area contributed by atoms with Crippen LogP contribution in [0.1, 0.15) is 31.7 Å². The molecule has 1 aromatic rings. The molecule has 2 N–H and O–H groups in total. The van der Waals surface area contributed by atoms with Crippen molar-refractivity contribution in [3.05, 3.63) is 34.3 Å². The third kappa shape index (κ3) is 6.64. The Morgan fingerprint density at radius 3 is 2.72 bits per heavy atom. The number of benzene rings is 1. The number of halogens is 1. The first-order valence-electron chi connectivity index (χ1n) is 6.48. The molecule has 2 amide bonds. The van der Waals surface area contributed by atoms with Gasteiger partial charge in [-0.2, -0.15) is 0 Å². The van der Waals surface area contributed by atoms with Gasteiger partial charge in [-0.15, -0.1) is 0 Å². The molecule has 0 fully saturated rings. The molecule has 4 heteroatoms. The zero-order chi connectivity index (χ0) is 13.2. The Morgan fingerprint density at radius 2 is 2.00 bits per heavy atom. The topological polar surface area (TPSA) is 41.1 Å². The third-order valence-corrected chi connectivity index (χ3v) is 3.15. The largest absolute Gasteiger partial charge is 0.338 e. The number of unbranched alkanes of at least 4 members (excludes halogenated alkanes) is 2. The Hall–Kier alpha value is -1.03.